The van der Waals surface area contributed by atoms with Crippen LogP contribution in [0.15, 0.2) is 0 Å². The summed E-state index contributed by atoms with van der Waals surface area (Å²) in [5, 5.41) is 9.06. The van der Waals surface area contributed by atoms with E-state index in [4.69, 9.17) is 5.11 Å². The first-order valence-electron chi connectivity index (χ1n) is 6.53. The molecule has 2 amide bonds. The molecule has 1 aliphatic rings. The summed E-state index contributed by atoms with van der Waals surface area (Å²) < 4.78 is 0. The van der Waals surface area contributed by atoms with Crippen LogP contribution in [-0.4, -0.2) is 53.1 Å². The fourth-order valence-corrected chi connectivity index (χ4v) is 2.27. The predicted molar refractivity (Wildman–Crippen MR) is 69.5 cm³/mol. The van der Waals surface area contributed by atoms with Gasteiger partial charge in [0.25, 0.3) is 0 Å². The molecule has 104 valence electrons. The third-order valence-electron chi connectivity index (χ3n) is 3.83. The number of hydrogen-bond donors (Lipinski definition) is 1. The molecule has 1 unspecified atom stereocenters. The van der Waals surface area contributed by atoms with Crippen LogP contribution in [0.5, 0.6) is 0 Å². The number of carboxylic acids is 1. The Morgan fingerprint density at radius 2 is 1.83 bits per heavy atom. The van der Waals surface area contributed by atoms with Crippen molar-refractivity contribution >= 4 is 12.0 Å². The molecule has 0 aromatic heterocycles. The standard InChI is InChI=1S/C13H24N2O3/c1-5-10(11(16)17)14(4)12(18)15-8-6-13(2,3)7-9-15/h10H,5-9H2,1-4H3,(H,16,17). The van der Waals surface area contributed by atoms with Gasteiger partial charge in [0, 0.05) is 20.1 Å². The molecule has 0 aromatic carbocycles. The Labute approximate surface area is 109 Å². The van der Waals surface area contributed by atoms with Crippen LogP contribution in [0.1, 0.15) is 40.0 Å². The van der Waals surface area contributed by atoms with Crippen molar-refractivity contribution in [2.45, 2.75) is 46.1 Å². The van der Waals surface area contributed by atoms with Crippen LogP contribution in [0.4, 0.5) is 4.79 Å². The van der Waals surface area contributed by atoms with E-state index in [9.17, 15) is 9.59 Å². The summed E-state index contributed by atoms with van der Waals surface area (Å²) in [7, 11) is 1.57. The van der Waals surface area contributed by atoms with Gasteiger partial charge in [-0.3, -0.25) is 0 Å². The van der Waals surface area contributed by atoms with Crippen molar-refractivity contribution in [3.63, 3.8) is 0 Å². The third kappa shape index (κ3) is 3.37. The Balaban J connectivity index is 2.62. The molecule has 18 heavy (non-hydrogen) atoms. The van der Waals surface area contributed by atoms with E-state index in [0.29, 0.717) is 19.5 Å². The van der Waals surface area contributed by atoms with Gasteiger partial charge in [-0.15, -0.1) is 0 Å². The van der Waals surface area contributed by atoms with E-state index in [1.807, 2.05) is 0 Å². The first-order valence-corrected chi connectivity index (χ1v) is 6.53. The van der Waals surface area contributed by atoms with Crippen molar-refractivity contribution in [3.05, 3.63) is 0 Å². The highest BCUT2D eigenvalue weighted by Gasteiger charge is 2.32. The average Bonchev–Trinajstić information content (AvgIpc) is 2.28. The number of nitrogens with zero attached hydrogens (tertiary/aromatic N) is 2. The summed E-state index contributed by atoms with van der Waals surface area (Å²) in [6, 6.07) is -0.896. The zero-order chi connectivity index (χ0) is 13.9. The maximum atomic E-state index is 12.2. The lowest BCUT2D eigenvalue weighted by Gasteiger charge is -2.39. The predicted octanol–water partition coefficient (Wildman–Crippen LogP) is 2.02. The Bertz CT molecular complexity index is 318. The van der Waals surface area contributed by atoms with E-state index in [-0.39, 0.29) is 11.4 Å². The number of carbonyl (C=O) groups is 2. The summed E-state index contributed by atoms with van der Waals surface area (Å²) >= 11 is 0. The third-order valence-corrected chi connectivity index (χ3v) is 3.83. The summed E-state index contributed by atoms with van der Waals surface area (Å²) in [6.45, 7) is 7.61. The summed E-state index contributed by atoms with van der Waals surface area (Å²) in [5.74, 6) is -0.939. The van der Waals surface area contributed by atoms with Gasteiger partial charge in [-0.05, 0) is 24.7 Å². The first-order chi connectivity index (χ1) is 8.28. The average molecular weight is 256 g/mol. The van der Waals surface area contributed by atoms with Gasteiger partial charge < -0.3 is 14.9 Å². The minimum atomic E-state index is -0.939. The molecule has 1 atom stereocenters. The molecule has 0 spiro atoms. The molecule has 1 fully saturated rings. The van der Waals surface area contributed by atoms with E-state index < -0.39 is 12.0 Å². The Hall–Kier alpha value is -1.26. The molecule has 0 aliphatic carbocycles. The zero-order valence-corrected chi connectivity index (χ0v) is 11.8. The van der Waals surface area contributed by atoms with Gasteiger partial charge in [0.2, 0.25) is 0 Å². The second-order valence-corrected chi connectivity index (χ2v) is 5.81. The van der Waals surface area contributed by atoms with E-state index in [2.05, 4.69) is 13.8 Å². The molecule has 1 saturated heterocycles. The van der Waals surface area contributed by atoms with Crippen molar-refractivity contribution in [1.82, 2.24) is 9.80 Å². The minimum absolute atomic E-state index is 0.167. The molecule has 0 bridgehead atoms. The van der Waals surface area contributed by atoms with Crippen LogP contribution in [0.25, 0.3) is 0 Å². The van der Waals surface area contributed by atoms with Gasteiger partial charge in [-0.2, -0.15) is 0 Å². The van der Waals surface area contributed by atoms with Crippen molar-refractivity contribution < 1.29 is 14.7 Å². The number of carbonyl (C=O) groups excluding carboxylic acids is 1. The number of likely N-dealkylation sites (tertiary alicyclic amines) is 1. The largest absolute Gasteiger partial charge is 0.480 e. The van der Waals surface area contributed by atoms with Crippen molar-refractivity contribution in [3.8, 4) is 0 Å². The number of rotatable bonds is 3. The number of aliphatic carboxylic acids is 1. The molecular weight excluding hydrogens is 232 g/mol. The van der Waals surface area contributed by atoms with Crippen LogP contribution in [0, 0.1) is 5.41 Å². The van der Waals surface area contributed by atoms with Crippen molar-refractivity contribution in [2.75, 3.05) is 20.1 Å². The summed E-state index contributed by atoms with van der Waals surface area (Å²) in [5.41, 5.74) is 0.284. The highest BCUT2D eigenvalue weighted by molar-refractivity contribution is 5.82. The van der Waals surface area contributed by atoms with E-state index in [0.717, 1.165) is 12.8 Å². The highest BCUT2D eigenvalue weighted by atomic mass is 16.4. The number of urea groups is 1. The van der Waals surface area contributed by atoms with E-state index in [1.165, 1.54) is 4.90 Å². The lowest BCUT2D eigenvalue weighted by atomic mass is 9.83. The molecule has 0 radical (unpaired) electrons. The van der Waals surface area contributed by atoms with Gasteiger partial charge >= 0.3 is 12.0 Å². The molecule has 1 aliphatic heterocycles. The maximum absolute atomic E-state index is 12.2. The second kappa shape index (κ2) is 5.59. The second-order valence-electron chi connectivity index (χ2n) is 5.81. The van der Waals surface area contributed by atoms with Crippen LogP contribution < -0.4 is 0 Å². The number of piperidine rings is 1. The smallest absolute Gasteiger partial charge is 0.326 e. The van der Waals surface area contributed by atoms with E-state index >= 15 is 0 Å². The first kappa shape index (κ1) is 14.8. The van der Waals surface area contributed by atoms with Crippen LogP contribution in [0.3, 0.4) is 0 Å². The van der Waals surface area contributed by atoms with Crippen LogP contribution in [0.2, 0.25) is 0 Å². The number of hydrogen-bond acceptors (Lipinski definition) is 2. The summed E-state index contributed by atoms with van der Waals surface area (Å²) in [4.78, 5) is 26.4. The molecule has 1 heterocycles. The lowest BCUT2D eigenvalue weighted by molar-refractivity contribution is -0.142. The van der Waals surface area contributed by atoms with Gasteiger partial charge in [0.1, 0.15) is 6.04 Å². The number of carboxylic acid groups (broad SMARTS) is 1. The molecule has 1 N–H and O–H groups in total. The molecule has 0 saturated carbocycles. The zero-order valence-electron chi connectivity index (χ0n) is 11.8. The number of amides is 2. The van der Waals surface area contributed by atoms with Gasteiger partial charge in [0.15, 0.2) is 0 Å². The van der Waals surface area contributed by atoms with Gasteiger partial charge in [0.05, 0.1) is 0 Å². The Kier molecular flexibility index (Phi) is 4.59. The SMILES string of the molecule is CCC(C(=O)O)N(C)C(=O)N1CCC(C)(C)CC1. The van der Waals surface area contributed by atoms with E-state index in [1.54, 1.807) is 18.9 Å². The monoisotopic (exact) mass is 256 g/mol. The van der Waals surface area contributed by atoms with Crippen LogP contribution in [-0.2, 0) is 4.79 Å². The van der Waals surface area contributed by atoms with Crippen LogP contribution >= 0.6 is 0 Å². The minimum Gasteiger partial charge on any atom is -0.480 e. The highest BCUT2D eigenvalue weighted by Crippen LogP contribution is 2.30. The normalized spacial score (nSPS) is 20.3. The van der Waals surface area contributed by atoms with Gasteiger partial charge in [-0.25, -0.2) is 9.59 Å². The molecule has 5 heteroatoms. The van der Waals surface area contributed by atoms with Crippen molar-refractivity contribution in [1.29, 1.82) is 0 Å². The molecule has 1 rings (SSSR count). The van der Waals surface area contributed by atoms with Gasteiger partial charge in [-0.1, -0.05) is 20.8 Å². The Morgan fingerprint density at radius 1 is 1.33 bits per heavy atom. The lowest BCUT2D eigenvalue weighted by Crippen LogP contribution is -2.51. The summed E-state index contributed by atoms with van der Waals surface area (Å²) in [6.07, 6.45) is 2.36. The number of likely N-dealkylation sites (N-methyl/N-ethyl adjacent to an activating group) is 1. The molecular formula is C13H24N2O3. The van der Waals surface area contributed by atoms with Crippen molar-refractivity contribution in [2.24, 2.45) is 5.41 Å². The molecule has 5 nitrogen and oxygen atoms in total. The fraction of sp³-hybridized carbons (Fsp3) is 0.846. The quantitative estimate of drug-likeness (QED) is 0.840. The molecule has 0 aromatic rings. The Morgan fingerprint density at radius 3 is 2.22 bits per heavy atom. The maximum Gasteiger partial charge on any atom is 0.326 e. The topological polar surface area (TPSA) is 60.9 Å². The fourth-order valence-electron chi connectivity index (χ4n) is 2.27.